The summed E-state index contributed by atoms with van der Waals surface area (Å²) in [4.78, 5) is 24.2. The number of ether oxygens (including phenoxy) is 1. The van der Waals surface area contributed by atoms with Crippen molar-refractivity contribution >= 4 is 33.2 Å². The van der Waals surface area contributed by atoms with Crippen molar-refractivity contribution in [2.45, 2.75) is 31.3 Å². The van der Waals surface area contributed by atoms with Gasteiger partial charge in [-0.25, -0.2) is 8.42 Å². The average Bonchev–Trinajstić information content (AvgIpc) is 2.60. The van der Waals surface area contributed by atoms with Gasteiger partial charge in [0.15, 0.2) is 15.9 Å². The Morgan fingerprint density at radius 2 is 1.62 bits per heavy atom. The van der Waals surface area contributed by atoms with Crippen molar-refractivity contribution in [2.75, 3.05) is 5.75 Å². The van der Waals surface area contributed by atoms with Crippen molar-refractivity contribution in [3.05, 3.63) is 64.7 Å². The zero-order chi connectivity index (χ0) is 19.3. The summed E-state index contributed by atoms with van der Waals surface area (Å²) in [6.07, 6.45) is -1.32. The zero-order valence-corrected chi connectivity index (χ0v) is 16.0. The molecular formula is C19H19ClO5S. The van der Waals surface area contributed by atoms with E-state index in [4.69, 9.17) is 16.3 Å². The maximum absolute atomic E-state index is 12.2. The summed E-state index contributed by atoms with van der Waals surface area (Å²) in [6.45, 7) is 3.37. The number of esters is 1. The first-order valence-corrected chi connectivity index (χ1v) is 10.0. The van der Waals surface area contributed by atoms with Gasteiger partial charge in [0.1, 0.15) is 0 Å². The van der Waals surface area contributed by atoms with Crippen LogP contribution < -0.4 is 0 Å². The Kier molecular flexibility index (Phi) is 6.56. The van der Waals surface area contributed by atoms with Gasteiger partial charge in [-0.1, -0.05) is 41.4 Å². The van der Waals surface area contributed by atoms with Gasteiger partial charge in [0.25, 0.3) is 0 Å². The Morgan fingerprint density at radius 3 is 2.19 bits per heavy atom. The van der Waals surface area contributed by atoms with Crippen LogP contribution >= 0.6 is 11.6 Å². The number of aryl methyl sites for hydroxylation is 1. The first kappa shape index (κ1) is 20.1. The molecule has 138 valence electrons. The highest BCUT2D eigenvalue weighted by molar-refractivity contribution is 7.91. The molecule has 0 aromatic heterocycles. The van der Waals surface area contributed by atoms with Gasteiger partial charge in [0, 0.05) is 10.6 Å². The van der Waals surface area contributed by atoms with Crippen molar-refractivity contribution in [1.82, 2.24) is 0 Å². The Hall–Kier alpha value is -2.18. The number of Topliss-reactive ketones (excluding diaryl/α,β-unsaturated/α-hetero) is 1. The molecule has 0 radical (unpaired) electrons. The molecule has 1 atom stereocenters. The molecule has 0 aliphatic rings. The van der Waals surface area contributed by atoms with Crippen LogP contribution in [0.1, 0.15) is 29.3 Å². The van der Waals surface area contributed by atoms with Crippen LogP contribution in [0.15, 0.2) is 53.4 Å². The third kappa shape index (κ3) is 5.41. The summed E-state index contributed by atoms with van der Waals surface area (Å²) < 4.78 is 29.5. The van der Waals surface area contributed by atoms with Gasteiger partial charge < -0.3 is 4.74 Å². The highest BCUT2D eigenvalue weighted by atomic mass is 35.5. The Labute approximate surface area is 157 Å². The number of ketones is 1. The number of halogens is 1. The van der Waals surface area contributed by atoms with Gasteiger partial charge in [-0.05, 0) is 38.1 Å². The lowest BCUT2D eigenvalue weighted by molar-refractivity contribution is -0.145. The molecule has 0 saturated heterocycles. The largest absolute Gasteiger partial charge is 0.454 e. The van der Waals surface area contributed by atoms with Crippen LogP contribution in [0.5, 0.6) is 0 Å². The molecule has 0 fully saturated rings. The predicted octanol–water partition coefficient (Wildman–Crippen LogP) is 3.63. The van der Waals surface area contributed by atoms with E-state index < -0.39 is 27.7 Å². The van der Waals surface area contributed by atoms with E-state index in [0.29, 0.717) is 10.6 Å². The number of carbonyl (C=O) groups excluding carboxylic acids is 2. The van der Waals surface area contributed by atoms with Crippen LogP contribution in [-0.2, 0) is 19.4 Å². The number of hydrogen-bond donors (Lipinski definition) is 0. The quantitative estimate of drug-likeness (QED) is 0.529. The van der Waals surface area contributed by atoms with E-state index in [-0.39, 0.29) is 17.1 Å². The van der Waals surface area contributed by atoms with Gasteiger partial charge in [-0.2, -0.15) is 0 Å². The predicted molar refractivity (Wildman–Crippen MR) is 99.2 cm³/mol. The second-order valence-electron chi connectivity index (χ2n) is 5.89. The summed E-state index contributed by atoms with van der Waals surface area (Å²) >= 11 is 5.73. The van der Waals surface area contributed by atoms with Crippen LogP contribution in [0.2, 0.25) is 5.02 Å². The summed E-state index contributed by atoms with van der Waals surface area (Å²) in [7, 11) is -3.63. The van der Waals surface area contributed by atoms with Gasteiger partial charge in [-0.3, -0.25) is 9.59 Å². The van der Waals surface area contributed by atoms with Crippen molar-refractivity contribution in [3.63, 3.8) is 0 Å². The Morgan fingerprint density at radius 1 is 1.04 bits per heavy atom. The molecule has 0 aliphatic carbocycles. The molecule has 0 heterocycles. The van der Waals surface area contributed by atoms with Crippen LogP contribution in [0, 0.1) is 6.92 Å². The second-order valence-corrected chi connectivity index (χ2v) is 8.43. The van der Waals surface area contributed by atoms with E-state index in [1.165, 1.54) is 31.2 Å². The highest BCUT2D eigenvalue weighted by Crippen LogP contribution is 2.16. The molecule has 26 heavy (non-hydrogen) atoms. The topological polar surface area (TPSA) is 77.5 Å². The van der Waals surface area contributed by atoms with E-state index in [1.54, 1.807) is 24.3 Å². The van der Waals surface area contributed by atoms with Crippen molar-refractivity contribution in [3.8, 4) is 0 Å². The zero-order valence-electron chi connectivity index (χ0n) is 14.4. The molecule has 0 unspecified atom stereocenters. The molecule has 0 aliphatic heterocycles. The summed E-state index contributed by atoms with van der Waals surface area (Å²) in [5.41, 5.74) is 1.45. The molecule has 0 bridgehead atoms. The minimum Gasteiger partial charge on any atom is -0.454 e. The summed E-state index contributed by atoms with van der Waals surface area (Å²) in [5, 5.41) is 0.423. The molecule has 0 amide bonds. The third-order valence-corrected chi connectivity index (χ3v) is 5.75. The lowest BCUT2D eigenvalue weighted by atomic mass is 10.1. The maximum Gasteiger partial charge on any atom is 0.307 e. The standard InChI is InChI=1S/C19H19ClO5S/c1-13-3-5-15(6-4-13)19(22)14(2)25-18(21)11-12-26(23,24)17-9-7-16(20)8-10-17/h3-10,14H,11-12H2,1-2H3/t14-/m0/s1. The molecule has 2 aromatic carbocycles. The second kappa shape index (κ2) is 8.47. The van der Waals surface area contributed by atoms with Crippen LogP contribution in [0.3, 0.4) is 0 Å². The monoisotopic (exact) mass is 394 g/mol. The maximum atomic E-state index is 12.2. The first-order chi connectivity index (χ1) is 12.2. The molecule has 2 rings (SSSR count). The van der Waals surface area contributed by atoms with Gasteiger partial charge in [0.2, 0.25) is 5.78 Å². The van der Waals surface area contributed by atoms with Crippen molar-refractivity contribution in [1.29, 1.82) is 0 Å². The van der Waals surface area contributed by atoms with Crippen molar-refractivity contribution < 1.29 is 22.7 Å². The van der Waals surface area contributed by atoms with Crippen LogP contribution in [0.4, 0.5) is 0 Å². The minimum atomic E-state index is -3.63. The fourth-order valence-electron chi connectivity index (χ4n) is 2.24. The smallest absolute Gasteiger partial charge is 0.307 e. The Bertz CT molecular complexity index is 887. The fraction of sp³-hybridized carbons (Fsp3) is 0.263. The molecular weight excluding hydrogens is 376 g/mol. The lowest BCUT2D eigenvalue weighted by Crippen LogP contribution is -2.25. The van der Waals surface area contributed by atoms with E-state index >= 15 is 0 Å². The first-order valence-electron chi connectivity index (χ1n) is 7.98. The van der Waals surface area contributed by atoms with E-state index in [2.05, 4.69) is 0 Å². The fourth-order valence-corrected chi connectivity index (χ4v) is 3.59. The third-order valence-electron chi connectivity index (χ3n) is 3.76. The van der Waals surface area contributed by atoms with Gasteiger partial charge in [-0.15, -0.1) is 0 Å². The molecule has 0 saturated carbocycles. The number of benzene rings is 2. The number of hydrogen-bond acceptors (Lipinski definition) is 5. The van der Waals surface area contributed by atoms with Crippen molar-refractivity contribution in [2.24, 2.45) is 0 Å². The van der Waals surface area contributed by atoms with Gasteiger partial charge >= 0.3 is 5.97 Å². The van der Waals surface area contributed by atoms with Crippen LogP contribution in [-0.4, -0.2) is 32.0 Å². The summed E-state index contributed by atoms with van der Waals surface area (Å²) in [5.74, 6) is -1.48. The molecule has 0 spiro atoms. The Balaban J connectivity index is 1.92. The molecule has 0 N–H and O–H groups in total. The molecule has 7 heteroatoms. The summed E-state index contributed by atoms with van der Waals surface area (Å²) in [6, 6.07) is 12.6. The van der Waals surface area contributed by atoms with Crippen LogP contribution in [0.25, 0.3) is 0 Å². The van der Waals surface area contributed by atoms with E-state index in [9.17, 15) is 18.0 Å². The number of sulfone groups is 1. The van der Waals surface area contributed by atoms with E-state index in [1.807, 2.05) is 6.92 Å². The SMILES string of the molecule is Cc1ccc(C(=O)[C@H](C)OC(=O)CCS(=O)(=O)c2ccc(Cl)cc2)cc1. The minimum absolute atomic E-state index is 0.0819. The van der Waals surface area contributed by atoms with E-state index in [0.717, 1.165) is 5.56 Å². The average molecular weight is 395 g/mol. The number of rotatable bonds is 7. The molecule has 2 aromatic rings. The normalized spacial score (nSPS) is 12.4. The number of carbonyl (C=O) groups is 2. The highest BCUT2D eigenvalue weighted by Gasteiger charge is 2.22. The van der Waals surface area contributed by atoms with Gasteiger partial charge in [0.05, 0.1) is 17.1 Å². The molecule has 5 nitrogen and oxygen atoms in total. The lowest BCUT2D eigenvalue weighted by Gasteiger charge is -2.12.